The number of aromatic nitrogens is 1. The molecule has 1 aliphatic carbocycles. The molecule has 1 aromatic rings. The van der Waals surface area contributed by atoms with Crippen LogP contribution in [0.4, 0.5) is 18.9 Å². The maximum Gasteiger partial charge on any atom is 0.422 e. The quantitative estimate of drug-likeness (QED) is 0.882. The number of hydrogen-bond donors (Lipinski definition) is 2. The van der Waals surface area contributed by atoms with Crippen molar-refractivity contribution < 1.29 is 22.7 Å². The molecule has 0 aromatic carbocycles. The van der Waals surface area contributed by atoms with E-state index in [9.17, 15) is 18.0 Å². The van der Waals surface area contributed by atoms with Crippen LogP contribution in [0, 0.1) is 5.92 Å². The van der Waals surface area contributed by atoms with Gasteiger partial charge < -0.3 is 15.4 Å². The highest BCUT2D eigenvalue weighted by molar-refractivity contribution is 5.95. The molecule has 2 fully saturated rings. The molecule has 2 heterocycles. The van der Waals surface area contributed by atoms with E-state index in [0.29, 0.717) is 17.6 Å². The largest absolute Gasteiger partial charge is 0.468 e. The number of nitrogens with zero attached hydrogens (tertiary/aromatic N) is 1. The van der Waals surface area contributed by atoms with Gasteiger partial charge in [0, 0.05) is 12.1 Å². The van der Waals surface area contributed by atoms with E-state index in [1.807, 2.05) is 0 Å². The van der Waals surface area contributed by atoms with Crippen LogP contribution in [-0.4, -0.2) is 35.8 Å². The van der Waals surface area contributed by atoms with Crippen molar-refractivity contribution in [1.29, 1.82) is 0 Å². The number of halogens is 3. The number of amides is 1. The Morgan fingerprint density at radius 3 is 2.79 bits per heavy atom. The molecule has 0 bridgehead atoms. The minimum absolute atomic E-state index is 0.129. The molecule has 1 saturated heterocycles. The topological polar surface area (TPSA) is 63.2 Å². The summed E-state index contributed by atoms with van der Waals surface area (Å²) in [7, 11) is 0. The van der Waals surface area contributed by atoms with E-state index in [4.69, 9.17) is 0 Å². The smallest absolute Gasteiger partial charge is 0.422 e. The van der Waals surface area contributed by atoms with Crippen LogP contribution >= 0.6 is 0 Å². The Morgan fingerprint density at radius 1 is 1.33 bits per heavy atom. The fourth-order valence-corrected chi connectivity index (χ4v) is 3.45. The van der Waals surface area contributed by atoms with Gasteiger partial charge >= 0.3 is 6.18 Å². The van der Waals surface area contributed by atoms with E-state index in [2.05, 4.69) is 20.4 Å². The number of hydrogen-bond acceptors (Lipinski definition) is 4. The van der Waals surface area contributed by atoms with Crippen molar-refractivity contribution in [3.63, 3.8) is 0 Å². The zero-order valence-electron chi connectivity index (χ0n) is 13.1. The van der Waals surface area contributed by atoms with Gasteiger partial charge in [-0.3, -0.25) is 4.79 Å². The van der Waals surface area contributed by atoms with Gasteiger partial charge in [0.1, 0.15) is 0 Å². The fraction of sp³-hybridized carbons (Fsp3) is 0.625. The predicted molar refractivity (Wildman–Crippen MR) is 81.7 cm³/mol. The zero-order chi connectivity index (χ0) is 17.2. The fourth-order valence-electron chi connectivity index (χ4n) is 3.45. The van der Waals surface area contributed by atoms with Crippen LogP contribution in [-0.2, 0) is 4.79 Å². The molecule has 1 aromatic heterocycles. The van der Waals surface area contributed by atoms with E-state index >= 15 is 0 Å². The molecule has 5 nitrogen and oxygen atoms in total. The molecule has 24 heavy (non-hydrogen) atoms. The predicted octanol–water partition coefficient (Wildman–Crippen LogP) is 2.88. The van der Waals surface area contributed by atoms with Crippen molar-refractivity contribution in [3.8, 4) is 5.88 Å². The second-order valence-electron chi connectivity index (χ2n) is 6.38. The van der Waals surface area contributed by atoms with Crippen LogP contribution < -0.4 is 15.4 Å². The third-order valence-electron chi connectivity index (χ3n) is 4.57. The second-order valence-corrected chi connectivity index (χ2v) is 6.38. The molecule has 3 atom stereocenters. The summed E-state index contributed by atoms with van der Waals surface area (Å²) in [5.74, 6) is 0.302. The highest BCUT2D eigenvalue weighted by atomic mass is 19.4. The molecule has 2 aliphatic rings. The number of carbonyl (C=O) groups is 1. The molecular formula is C16H20F3N3O2. The number of ether oxygens (including phenoxy) is 1. The van der Waals surface area contributed by atoms with Gasteiger partial charge in [-0.2, -0.15) is 13.2 Å². The standard InChI is InChI=1S/C16H20F3N3O2/c17-16(18,19)9-24-14-6-5-11(8-20-14)21-15(23)13-7-10-3-1-2-4-12(10)22-13/h5-6,8,10,12-13,22H,1-4,7,9H2,(H,21,23). The van der Waals surface area contributed by atoms with Crippen LogP contribution in [0.5, 0.6) is 5.88 Å². The number of pyridine rings is 1. The summed E-state index contributed by atoms with van der Waals surface area (Å²) in [6.07, 6.45) is 2.42. The monoisotopic (exact) mass is 343 g/mol. The average Bonchev–Trinajstić information content (AvgIpc) is 2.98. The molecule has 2 N–H and O–H groups in total. The van der Waals surface area contributed by atoms with Gasteiger partial charge in [-0.15, -0.1) is 0 Å². The molecule has 1 aliphatic heterocycles. The lowest BCUT2D eigenvalue weighted by Gasteiger charge is -2.24. The number of fused-ring (bicyclic) bond motifs is 1. The molecule has 3 rings (SSSR count). The second kappa shape index (κ2) is 6.96. The van der Waals surface area contributed by atoms with Crippen molar-refractivity contribution in [2.24, 2.45) is 5.92 Å². The highest BCUT2D eigenvalue weighted by Crippen LogP contribution is 2.33. The van der Waals surface area contributed by atoms with Crippen LogP contribution in [0.25, 0.3) is 0 Å². The molecule has 3 unspecified atom stereocenters. The van der Waals surface area contributed by atoms with Crippen LogP contribution in [0.15, 0.2) is 18.3 Å². The lowest BCUT2D eigenvalue weighted by molar-refractivity contribution is -0.154. The Morgan fingerprint density at radius 2 is 2.12 bits per heavy atom. The van der Waals surface area contributed by atoms with Gasteiger partial charge in [0.25, 0.3) is 0 Å². The van der Waals surface area contributed by atoms with E-state index in [1.54, 1.807) is 0 Å². The third kappa shape index (κ3) is 4.37. The lowest BCUT2D eigenvalue weighted by Crippen LogP contribution is -2.39. The number of rotatable bonds is 4. The summed E-state index contributed by atoms with van der Waals surface area (Å²) in [6, 6.07) is 2.99. The number of alkyl halides is 3. The van der Waals surface area contributed by atoms with E-state index < -0.39 is 12.8 Å². The van der Waals surface area contributed by atoms with E-state index in [0.717, 1.165) is 19.3 Å². The Labute approximate surface area is 138 Å². The third-order valence-corrected chi connectivity index (χ3v) is 4.57. The van der Waals surface area contributed by atoms with Gasteiger partial charge in [0.15, 0.2) is 6.61 Å². The molecule has 1 amide bonds. The van der Waals surface area contributed by atoms with E-state index in [1.165, 1.54) is 31.2 Å². The molecular weight excluding hydrogens is 323 g/mol. The van der Waals surface area contributed by atoms with Crippen molar-refractivity contribution in [1.82, 2.24) is 10.3 Å². The van der Waals surface area contributed by atoms with Gasteiger partial charge in [0.2, 0.25) is 11.8 Å². The summed E-state index contributed by atoms with van der Waals surface area (Å²) in [4.78, 5) is 16.1. The summed E-state index contributed by atoms with van der Waals surface area (Å²) in [5, 5.41) is 6.13. The summed E-state index contributed by atoms with van der Waals surface area (Å²) in [5.41, 5.74) is 0.441. The maximum absolute atomic E-state index is 12.3. The van der Waals surface area contributed by atoms with Crippen LogP contribution in [0.3, 0.4) is 0 Å². The number of nitrogens with one attached hydrogen (secondary N) is 2. The van der Waals surface area contributed by atoms with Gasteiger partial charge in [0.05, 0.1) is 17.9 Å². The Hall–Kier alpha value is -1.83. The zero-order valence-corrected chi connectivity index (χ0v) is 13.1. The van der Waals surface area contributed by atoms with E-state index in [-0.39, 0.29) is 17.8 Å². The molecule has 0 radical (unpaired) electrons. The summed E-state index contributed by atoms with van der Waals surface area (Å²) in [6.45, 7) is -1.39. The van der Waals surface area contributed by atoms with Gasteiger partial charge in [-0.05, 0) is 31.2 Å². The first-order valence-corrected chi connectivity index (χ1v) is 8.13. The number of carbonyl (C=O) groups excluding carboxylic acids is 1. The van der Waals surface area contributed by atoms with Gasteiger partial charge in [-0.25, -0.2) is 4.98 Å². The molecule has 1 saturated carbocycles. The Balaban J connectivity index is 1.51. The minimum atomic E-state index is -4.40. The minimum Gasteiger partial charge on any atom is -0.468 e. The molecule has 0 spiro atoms. The van der Waals surface area contributed by atoms with Gasteiger partial charge in [-0.1, -0.05) is 12.8 Å². The SMILES string of the molecule is O=C(Nc1ccc(OCC(F)(F)F)nc1)C1CC2CCCCC2N1. The van der Waals surface area contributed by atoms with Crippen molar-refractivity contribution in [3.05, 3.63) is 18.3 Å². The van der Waals surface area contributed by atoms with Crippen LogP contribution in [0.1, 0.15) is 32.1 Å². The van der Waals surface area contributed by atoms with Crippen molar-refractivity contribution in [2.45, 2.75) is 50.4 Å². The summed E-state index contributed by atoms with van der Waals surface area (Å²) < 4.78 is 40.8. The van der Waals surface area contributed by atoms with Crippen molar-refractivity contribution in [2.75, 3.05) is 11.9 Å². The number of anilines is 1. The lowest BCUT2D eigenvalue weighted by atomic mass is 9.85. The Kier molecular flexibility index (Phi) is 4.93. The maximum atomic E-state index is 12.3. The first-order chi connectivity index (χ1) is 11.4. The average molecular weight is 343 g/mol. The normalized spacial score (nSPS) is 26.7. The first-order valence-electron chi connectivity index (χ1n) is 8.13. The van der Waals surface area contributed by atoms with Crippen molar-refractivity contribution >= 4 is 11.6 Å². The first kappa shape index (κ1) is 17.0. The molecule has 8 heteroatoms. The van der Waals surface area contributed by atoms with Crippen LogP contribution in [0.2, 0.25) is 0 Å². The Bertz CT molecular complexity index is 563. The highest BCUT2D eigenvalue weighted by Gasteiger charge is 2.38. The summed E-state index contributed by atoms with van der Waals surface area (Å²) >= 11 is 0. The molecule has 132 valence electrons.